The molecule has 0 bridgehead atoms. The van der Waals surface area contributed by atoms with Crippen LogP contribution in [-0.4, -0.2) is 10.9 Å². The van der Waals surface area contributed by atoms with Gasteiger partial charge in [-0.25, -0.2) is 4.39 Å². The molecule has 0 aliphatic carbocycles. The summed E-state index contributed by atoms with van der Waals surface area (Å²) in [4.78, 5) is 16.6. The molecule has 5 heteroatoms. The quantitative estimate of drug-likeness (QED) is 0.681. The number of aryl methyl sites for hydroxylation is 1. The van der Waals surface area contributed by atoms with Crippen molar-refractivity contribution < 1.29 is 9.18 Å². The van der Waals surface area contributed by atoms with E-state index in [1.54, 1.807) is 36.5 Å². The number of nitrogens with one attached hydrogen (secondary N) is 2. The minimum Gasteiger partial charge on any atom is -0.381 e. The average Bonchev–Trinajstić information content (AvgIpc) is 2.68. The van der Waals surface area contributed by atoms with Gasteiger partial charge in [0.15, 0.2) is 0 Å². The third-order valence-electron chi connectivity index (χ3n) is 4.08. The molecule has 1 aromatic heterocycles. The highest BCUT2D eigenvalue weighted by molar-refractivity contribution is 6.03. The molecule has 0 saturated heterocycles. The van der Waals surface area contributed by atoms with Crippen LogP contribution in [0.3, 0.4) is 0 Å². The third kappa shape index (κ3) is 4.25. The SMILES string of the molecule is CCc1ccccc1NC(=O)c1cc(NCc2ccccc2F)ccn1. The van der Waals surface area contributed by atoms with Gasteiger partial charge in [-0.3, -0.25) is 9.78 Å². The monoisotopic (exact) mass is 349 g/mol. The van der Waals surface area contributed by atoms with Crippen molar-refractivity contribution in [1.82, 2.24) is 4.98 Å². The highest BCUT2D eigenvalue weighted by Crippen LogP contribution is 2.17. The van der Waals surface area contributed by atoms with E-state index in [0.29, 0.717) is 23.5 Å². The number of carbonyl (C=O) groups is 1. The van der Waals surface area contributed by atoms with Crippen LogP contribution in [0.2, 0.25) is 0 Å². The van der Waals surface area contributed by atoms with Crippen LogP contribution < -0.4 is 10.6 Å². The van der Waals surface area contributed by atoms with Crippen LogP contribution >= 0.6 is 0 Å². The number of amides is 1. The minimum atomic E-state index is -0.277. The number of para-hydroxylation sites is 1. The molecule has 26 heavy (non-hydrogen) atoms. The Labute approximate surface area is 152 Å². The van der Waals surface area contributed by atoms with Crippen LogP contribution in [-0.2, 0) is 13.0 Å². The van der Waals surface area contributed by atoms with Crippen LogP contribution in [0.4, 0.5) is 15.8 Å². The lowest BCUT2D eigenvalue weighted by Gasteiger charge is -2.11. The second-order valence-electron chi connectivity index (χ2n) is 5.84. The Morgan fingerprint density at radius 3 is 2.54 bits per heavy atom. The van der Waals surface area contributed by atoms with E-state index in [4.69, 9.17) is 0 Å². The lowest BCUT2D eigenvalue weighted by molar-refractivity contribution is 0.102. The smallest absolute Gasteiger partial charge is 0.274 e. The third-order valence-corrected chi connectivity index (χ3v) is 4.08. The van der Waals surface area contributed by atoms with Gasteiger partial charge in [-0.15, -0.1) is 0 Å². The van der Waals surface area contributed by atoms with Gasteiger partial charge in [0.2, 0.25) is 0 Å². The molecule has 0 aliphatic heterocycles. The number of carbonyl (C=O) groups excluding carboxylic acids is 1. The average molecular weight is 349 g/mol. The molecule has 2 aromatic carbocycles. The van der Waals surface area contributed by atoms with Gasteiger partial charge in [-0.2, -0.15) is 0 Å². The number of hydrogen-bond acceptors (Lipinski definition) is 3. The van der Waals surface area contributed by atoms with E-state index in [9.17, 15) is 9.18 Å². The topological polar surface area (TPSA) is 54.0 Å². The van der Waals surface area contributed by atoms with Crippen LogP contribution in [0.5, 0.6) is 0 Å². The molecule has 2 N–H and O–H groups in total. The summed E-state index contributed by atoms with van der Waals surface area (Å²) in [5, 5.41) is 6.02. The van der Waals surface area contributed by atoms with E-state index in [1.165, 1.54) is 6.07 Å². The summed E-state index contributed by atoms with van der Waals surface area (Å²) < 4.78 is 13.7. The molecule has 132 valence electrons. The van der Waals surface area contributed by atoms with Crippen molar-refractivity contribution in [1.29, 1.82) is 0 Å². The molecule has 1 amide bonds. The predicted molar refractivity (Wildman–Crippen MR) is 102 cm³/mol. The zero-order valence-electron chi connectivity index (χ0n) is 14.5. The molecular weight excluding hydrogens is 329 g/mol. The van der Waals surface area contributed by atoms with Crippen LogP contribution in [0.25, 0.3) is 0 Å². The number of nitrogens with zero attached hydrogens (tertiary/aromatic N) is 1. The molecule has 3 aromatic rings. The van der Waals surface area contributed by atoms with E-state index in [0.717, 1.165) is 17.7 Å². The molecule has 0 aliphatic rings. The van der Waals surface area contributed by atoms with Crippen molar-refractivity contribution in [3.05, 3.63) is 89.5 Å². The maximum absolute atomic E-state index is 13.7. The highest BCUT2D eigenvalue weighted by atomic mass is 19.1. The number of aromatic nitrogens is 1. The Morgan fingerprint density at radius 1 is 1.04 bits per heavy atom. The van der Waals surface area contributed by atoms with Crippen molar-refractivity contribution >= 4 is 17.3 Å². The molecule has 0 unspecified atom stereocenters. The maximum atomic E-state index is 13.7. The lowest BCUT2D eigenvalue weighted by atomic mass is 10.1. The highest BCUT2D eigenvalue weighted by Gasteiger charge is 2.10. The Hall–Kier alpha value is -3.21. The van der Waals surface area contributed by atoms with Crippen molar-refractivity contribution in [3.63, 3.8) is 0 Å². The molecule has 4 nitrogen and oxygen atoms in total. The first-order chi connectivity index (χ1) is 12.7. The van der Waals surface area contributed by atoms with Gasteiger partial charge >= 0.3 is 0 Å². The van der Waals surface area contributed by atoms with Crippen LogP contribution in [0, 0.1) is 5.82 Å². The van der Waals surface area contributed by atoms with Gasteiger partial charge in [-0.05, 0) is 36.2 Å². The first-order valence-electron chi connectivity index (χ1n) is 8.50. The van der Waals surface area contributed by atoms with Crippen molar-refractivity contribution in [2.75, 3.05) is 10.6 Å². The summed E-state index contributed by atoms with van der Waals surface area (Å²) in [7, 11) is 0. The Bertz CT molecular complexity index is 911. The number of hydrogen-bond donors (Lipinski definition) is 2. The Balaban J connectivity index is 1.70. The summed E-state index contributed by atoms with van der Waals surface area (Å²) in [5.74, 6) is -0.538. The summed E-state index contributed by atoms with van der Waals surface area (Å²) in [5.41, 5.74) is 3.42. The van der Waals surface area contributed by atoms with Gasteiger partial charge in [0.05, 0.1) is 0 Å². The fraction of sp³-hybridized carbons (Fsp3) is 0.143. The molecule has 0 spiro atoms. The maximum Gasteiger partial charge on any atom is 0.274 e. The van der Waals surface area contributed by atoms with Gasteiger partial charge in [0.25, 0.3) is 5.91 Å². The molecule has 1 heterocycles. The zero-order chi connectivity index (χ0) is 18.4. The normalized spacial score (nSPS) is 10.4. The van der Waals surface area contributed by atoms with Crippen molar-refractivity contribution in [2.24, 2.45) is 0 Å². The Kier molecular flexibility index (Phi) is 5.59. The summed E-state index contributed by atoms with van der Waals surface area (Å²) >= 11 is 0. The largest absolute Gasteiger partial charge is 0.381 e. The zero-order valence-corrected chi connectivity index (χ0v) is 14.5. The lowest BCUT2D eigenvalue weighted by Crippen LogP contribution is -2.15. The number of anilines is 2. The van der Waals surface area contributed by atoms with E-state index >= 15 is 0 Å². The van der Waals surface area contributed by atoms with Gasteiger partial charge < -0.3 is 10.6 Å². The number of benzene rings is 2. The molecule has 3 rings (SSSR count). The number of rotatable bonds is 6. The fourth-order valence-corrected chi connectivity index (χ4v) is 2.64. The summed E-state index contributed by atoms with van der Waals surface area (Å²) in [6, 6.07) is 17.7. The number of pyridine rings is 1. The molecule has 0 atom stereocenters. The molecule has 0 saturated carbocycles. The first kappa shape index (κ1) is 17.6. The van der Waals surface area contributed by atoms with Gasteiger partial charge in [-0.1, -0.05) is 43.3 Å². The summed E-state index contributed by atoms with van der Waals surface area (Å²) in [6.07, 6.45) is 2.39. The predicted octanol–water partition coefficient (Wildman–Crippen LogP) is 4.65. The van der Waals surface area contributed by atoms with E-state index in [1.807, 2.05) is 31.2 Å². The van der Waals surface area contributed by atoms with Crippen molar-refractivity contribution in [2.45, 2.75) is 19.9 Å². The van der Waals surface area contributed by atoms with Gasteiger partial charge in [0.1, 0.15) is 11.5 Å². The molecule has 0 fully saturated rings. The van der Waals surface area contributed by atoms with Crippen molar-refractivity contribution in [3.8, 4) is 0 Å². The van der Waals surface area contributed by atoms with E-state index in [-0.39, 0.29) is 11.7 Å². The first-order valence-corrected chi connectivity index (χ1v) is 8.50. The second kappa shape index (κ2) is 8.25. The number of halogens is 1. The summed E-state index contributed by atoms with van der Waals surface area (Å²) in [6.45, 7) is 2.37. The second-order valence-corrected chi connectivity index (χ2v) is 5.84. The van der Waals surface area contributed by atoms with Crippen LogP contribution in [0.1, 0.15) is 28.5 Å². The van der Waals surface area contributed by atoms with E-state index in [2.05, 4.69) is 15.6 Å². The van der Waals surface area contributed by atoms with Gasteiger partial charge in [0, 0.05) is 29.7 Å². The Morgan fingerprint density at radius 2 is 1.77 bits per heavy atom. The fourth-order valence-electron chi connectivity index (χ4n) is 2.64. The van der Waals surface area contributed by atoms with E-state index < -0.39 is 0 Å². The minimum absolute atomic E-state index is 0.261. The standard InChI is InChI=1S/C21H20FN3O/c1-2-15-7-4-6-10-19(15)25-21(26)20-13-17(11-12-23-20)24-14-16-8-3-5-9-18(16)22/h3-13H,2,14H2,1H3,(H,23,24)(H,25,26). The molecular formula is C21H20FN3O. The molecule has 0 radical (unpaired) electrons. The van der Waals surface area contributed by atoms with Crippen LogP contribution in [0.15, 0.2) is 66.9 Å².